The average molecular weight is 884 g/mol. The van der Waals surface area contributed by atoms with Gasteiger partial charge in [-0.2, -0.15) is 0 Å². The summed E-state index contributed by atoms with van der Waals surface area (Å²) in [5.41, 5.74) is 8.40. The highest BCUT2D eigenvalue weighted by Gasteiger charge is 2.45. The van der Waals surface area contributed by atoms with Crippen LogP contribution in [0.15, 0.2) is 60.7 Å². The molecule has 2 aliphatic carbocycles. The Kier molecular flexibility index (Phi) is 11.2. The van der Waals surface area contributed by atoms with E-state index in [2.05, 4.69) is 107 Å². The maximum absolute atomic E-state index is 13.9. The second-order valence-electron chi connectivity index (χ2n) is 19.9. The normalized spacial score (nSPS) is 23.2. The molecule has 6 atom stereocenters. The predicted molar refractivity (Wildman–Crippen MR) is 246 cm³/mol. The quantitative estimate of drug-likeness (QED) is 0.101. The van der Waals surface area contributed by atoms with Crippen molar-refractivity contribution in [2.45, 2.75) is 127 Å². The molecule has 15 heteroatoms. The Morgan fingerprint density at radius 1 is 0.615 bits per heavy atom. The molecule has 2 aromatic heterocycles. The van der Waals surface area contributed by atoms with Gasteiger partial charge in [-0.3, -0.25) is 9.59 Å². The molecular formula is C50H61N9O6. The molecule has 0 spiro atoms. The fraction of sp³-hybridized carbons (Fsp3) is 0.520. The zero-order valence-corrected chi connectivity index (χ0v) is 38.1. The average Bonchev–Trinajstić information content (AvgIpc) is 3.95. The predicted octanol–water partition coefficient (Wildman–Crippen LogP) is 8.42. The smallest absolute Gasteiger partial charge is 0.407 e. The molecule has 4 N–H and O–H groups in total. The number of imidazole rings is 2. The molecule has 5 heterocycles. The van der Waals surface area contributed by atoms with Crippen LogP contribution < -0.4 is 15.5 Å². The molecule has 15 nitrogen and oxygen atoms in total. The van der Waals surface area contributed by atoms with Crippen LogP contribution in [0.25, 0.3) is 22.1 Å². The van der Waals surface area contributed by atoms with Gasteiger partial charge in [-0.15, -0.1) is 0 Å². The number of aromatic nitrogens is 4. The van der Waals surface area contributed by atoms with E-state index in [1.54, 1.807) is 0 Å². The molecule has 3 aliphatic heterocycles. The number of hydrogen-bond acceptors (Lipinski definition) is 9. The van der Waals surface area contributed by atoms with Gasteiger partial charge in [-0.05, 0) is 135 Å². The van der Waals surface area contributed by atoms with Gasteiger partial charge in [0.25, 0.3) is 0 Å². The van der Waals surface area contributed by atoms with E-state index in [1.165, 1.54) is 30.9 Å². The zero-order chi connectivity index (χ0) is 45.1. The van der Waals surface area contributed by atoms with Crippen molar-refractivity contribution in [3.8, 4) is 0 Å². The number of nitrogens with zero attached hydrogens (tertiary/aromatic N) is 5. The lowest BCUT2D eigenvalue weighted by Gasteiger charge is -2.34. The number of rotatable bonds is 11. The fourth-order valence-corrected chi connectivity index (χ4v) is 10.8. The first kappa shape index (κ1) is 42.8. The van der Waals surface area contributed by atoms with Gasteiger partial charge in [0, 0.05) is 18.8 Å². The fourth-order valence-electron chi connectivity index (χ4n) is 10.8. The SMILES string of the molecule is COC(=O)NC(C(=O)N1CCC[C@H]1c1nc2ccc([C@H]3CC[C@H](c4ccc5nc([C@@H]6CCCN6C(=O)[C@@H](NC(=O)OC)C6CC6)[nH]c5c4)N3c3ccc(C(C)(C)C)cc3)cc2[nH]1)C1CC1. The molecule has 3 saturated heterocycles. The van der Waals surface area contributed by atoms with E-state index in [-0.39, 0.29) is 53.2 Å². The van der Waals surface area contributed by atoms with Crippen LogP contribution in [0.2, 0.25) is 0 Å². The molecule has 1 unspecified atom stereocenters. The van der Waals surface area contributed by atoms with Gasteiger partial charge in [-0.1, -0.05) is 45.0 Å². The number of carbonyl (C=O) groups excluding carboxylic acids is 4. The van der Waals surface area contributed by atoms with Gasteiger partial charge in [0.05, 0.1) is 60.5 Å². The van der Waals surface area contributed by atoms with Gasteiger partial charge in [0.15, 0.2) is 0 Å². The van der Waals surface area contributed by atoms with E-state index < -0.39 is 24.3 Å². The highest BCUT2D eigenvalue weighted by atomic mass is 16.5. The summed E-state index contributed by atoms with van der Waals surface area (Å²) in [4.78, 5) is 75.9. The first-order valence-electron chi connectivity index (χ1n) is 23.6. The maximum Gasteiger partial charge on any atom is 0.407 e. The van der Waals surface area contributed by atoms with Crippen LogP contribution in [0, 0.1) is 11.8 Å². The summed E-state index contributed by atoms with van der Waals surface area (Å²) in [5, 5.41) is 5.61. The number of benzene rings is 3. The Balaban J connectivity index is 0.931. The second kappa shape index (κ2) is 17.0. The van der Waals surface area contributed by atoms with Gasteiger partial charge >= 0.3 is 12.2 Å². The number of amides is 4. The molecule has 0 bridgehead atoms. The van der Waals surface area contributed by atoms with Crippen molar-refractivity contribution in [2.24, 2.45) is 11.8 Å². The summed E-state index contributed by atoms with van der Waals surface area (Å²) in [6.07, 6.45) is 7.67. The molecule has 0 radical (unpaired) electrons. The Hall–Kier alpha value is -6.12. The molecule has 5 aliphatic rings. The van der Waals surface area contributed by atoms with Gasteiger partial charge < -0.3 is 44.8 Å². The summed E-state index contributed by atoms with van der Waals surface area (Å²) in [6.45, 7) is 7.95. The van der Waals surface area contributed by atoms with Gasteiger partial charge in [0.1, 0.15) is 23.7 Å². The zero-order valence-electron chi connectivity index (χ0n) is 38.1. The summed E-state index contributed by atoms with van der Waals surface area (Å²) >= 11 is 0. The van der Waals surface area contributed by atoms with Gasteiger partial charge in [0.2, 0.25) is 11.8 Å². The van der Waals surface area contributed by atoms with E-state index in [4.69, 9.17) is 19.4 Å². The Labute approximate surface area is 379 Å². The lowest BCUT2D eigenvalue weighted by molar-refractivity contribution is -0.135. The summed E-state index contributed by atoms with van der Waals surface area (Å²) in [7, 11) is 2.65. The third kappa shape index (κ3) is 8.38. The highest BCUT2D eigenvalue weighted by Crippen LogP contribution is 2.48. The minimum atomic E-state index is -0.593. The number of likely N-dealkylation sites (tertiary alicyclic amines) is 2. The number of ether oxygens (including phenoxy) is 2. The first-order valence-corrected chi connectivity index (χ1v) is 23.6. The molecule has 342 valence electrons. The molecule has 2 saturated carbocycles. The van der Waals surface area contributed by atoms with E-state index in [0.717, 1.165) is 104 Å². The number of alkyl carbamates (subject to hydrolysis) is 2. The second-order valence-corrected chi connectivity index (χ2v) is 19.9. The van der Waals surface area contributed by atoms with E-state index in [1.807, 2.05) is 9.80 Å². The Bertz CT molecular complexity index is 2460. The number of anilines is 1. The van der Waals surface area contributed by atoms with Crippen LogP contribution in [0.4, 0.5) is 15.3 Å². The topological polar surface area (TPSA) is 178 Å². The van der Waals surface area contributed by atoms with Crippen LogP contribution in [-0.4, -0.2) is 93.1 Å². The van der Waals surface area contributed by atoms with Crippen LogP contribution >= 0.6 is 0 Å². The van der Waals surface area contributed by atoms with E-state index >= 15 is 0 Å². The van der Waals surface area contributed by atoms with E-state index in [0.29, 0.717) is 13.1 Å². The molecule has 5 fully saturated rings. The number of aromatic amines is 2. The van der Waals surface area contributed by atoms with Crippen molar-refractivity contribution in [3.63, 3.8) is 0 Å². The van der Waals surface area contributed by atoms with Crippen LogP contribution in [-0.2, 0) is 24.5 Å². The van der Waals surface area contributed by atoms with Gasteiger partial charge in [-0.25, -0.2) is 19.6 Å². The number of hydrogen-bond donors (Lipinski definition) is 4. The molecule has 5 aromatic rings. The Morgan fingerprint density at radius 2 is 1.06 bits per heavy atom. The number of fused-ring (bicyclic) bond motifs is 2. The number of methoxy groups -OCH3 is 2. The van der Waals surface area contributed by atoms with Crippen LogP contribution in [0.1, 0.15) is 137 Å². The maximum atomic E-state index is 13.9. The van der Waals surface area contributed by atoms with Crippen molar-refractivity contribution in [1.29, 1.82) is 0 Å². The third-order valence-electron chi connectivity index (χ3n) is 14.6. The van der Waals surface area contributed by atoms with E-state index in [9.17, 15) is 19.2 Å². The van der Waals surface area contributed by atoms with Crippen molar-refractivity contribution >= 4 is 51.8 Å². The van der Waals surface area contributed by atoms with Crippen molar-refractivity contribution in [3.05, 3.63) is 89.0 Å². The lowest BCUT2D eigenvalue weighted by atomic mass is 9.87. The van der Waals surface area contributed by atoms with Crippen molar-refractivity contribution < 1.29 is 28.7 Å². The number of nitrogens with one attached hydrogen (secondary N) is 4. The highest BCUT2D eigenvalue weighted by molar-refractivity contribution is 5.88. The summed E-state index contributed by atoms with van der Waals surface area (Å²) in [5.74, 6) is 1.66. The van der Waals surface area contributed by atoms with Crippen LogP contribution in [0.5, 0.6) is 0 Å². The number of carbonyl (C=O) groups is 4. The summed E-state index contributed by atoms with van der Waals surface area (Å²) < 4.78 is 9.72. The minimum Gasteiger partial charge on any atom is -0.453 e. The molecule has 10 rings (SSSR count). The molecule has 65 heavy (non-hydrogen) atoms. The van der Waals surface area contributed by atoms with Crippen molar-refractivity contribution in [2.75, 3.05) is 32.2 Å². The lowest BCUT2D eigenvalue weighted by Crippen LogP contribution is -2.49. The Morgan fingerprint density at radius 3 is 1.46 bits per heavy atom. The summed E-state index contributed by atoms with van der Waals surface area (Å²) in [6, 6.07) is 20.6. The monoisotopic (exact) mass is 883 g/mol. The standard InChI is InChI=1S/C50H61N9O6/c1-50(2,3)32-16-18-33(19-17-32)59-38(30-14-20-34-36(26-30)53-44(51-34)40-8-6-24-57(40)46(60)42(28-10-11-28)55-48(62)64-4)22-23-39(59)31-15-21-35-37(27-31)54-45(52-35)41-9-7-25-58(41)47(61)43(29-12-13-29)56-49(63)65-5/h14-21,26-29,38-43H,6-13,22-25H2,1-5H3,(H,51,53)(H,52,54)(H,55,62)(H,56,63)/t38-,39-,40+,41+,42+,43?/m1/s1. The first-order chi connectivity index (χ1) is 31.4. The number of H-pyrrole nitrogens is 2. The minimum absolute atomic E-state index is 0.0153. The third-order valence-corrected chi connectivity index (χ3v) is 14.6. The van der Waals surface area contributed by atoms with Crippen molar-refractivity contribution in [1.82, 2.24) is 40.4 Å². The molecule has 4 amide bonds. The molecular weight excluding hydrogens is 823 g/mol. The molecule has 3 aromatic carbocycles. The van der Waals surface area contributed by atoms with Crippen LogP contribution in [0.3, 0.4) is 0 Å². The largest absolute Gasteiger partial charge is 0.453 e.